The van der Waals surface area contributed by atoms with Gasteiger partial charge in [-0.05, 0) is 88.7 Å². The number of anilines is 1. The second-order valence-corrected chi connectivity index (χ2v) is 9.72. The molecule has 170 valence electrons. The van der Waals surface area contributed by atoms with Crippen molar-refractivity contribution in [1.29, 1.82) is 0 Å². The van der Waals surface area contributed by atoms with Gasteiger partial charge in [0.25, 0.3) is 0 Å². The monoisotopic (exact) mass is 434 g/mol. The van der Waals surface area contributed by atoms with Crippen LogP contribution in [0.3, 0.4) is 0 Å². The molecule has 1 aliphatic heterocycles. The van der Waals surface area contributed by atoms with Crippen molar-refractivity contribution in [2.24, 2.45) is 11.8 Å². The lowest BCUT2D eigenvalue weighted by Gasteiger charge is -2.33. The van der Waals surface area contributed by atoms with Gasteiger partial charge in [-0.3, -0.25) is 4.98 Å². The van der Waals surface area contributed by atoms with Crippen LogP contribution in [0.2, 0.25) is 0 Å². The van der Waals surface area contributed by atoms with Crippen LogP contribution in [0.1, 0.15) is 43.4 Å². The summed E-state index contributed by atoms with van der Waals surface area (Å²) >= 11 is 0. The predicted octanol–water partition coefficient (Wildman–Crippen LogP) is 4.92. The van der Waals surface area contributed by atoms with Crippen LogP contribution in [0.4, 0.5) is 5.69 Å². The number of benzene rings is 1. The summed E-state index contributed by atoms with van der Waals surface area (Å²) in [6.45, 7) is 3.80. The molecular weight excluding hydrogens is 400 g/mol. The molecule has 3 heterocycles. The molecule has 1 saturated heterocycles. The number of pyridine rings is 1. The Bertz CT molecular complexity index is 1020. The Kier molecular flexibility index (Phi) is 6.30. The first-order valence-corrected chi connectivity index (χ1v) is 12.0. The maximum Gasteiger partial charge on any atom is 0.175 e. The largest absolute Gasteiger partial charge is 0.493 e. The Hall–Kier alpha value is -2.60. The molecule has 3 aromatic rings. The molecule has 1 saturated carbocycles. The molecule has 0 radical (unpaired) electrons. The van der Waals surface area contributed by atoms with Crippen molar-refractivity contribution in [1.82, 2.24) is 15.0 Å². The van der Waals surface area contributed by atoms with Crippen molar-refractivity contribution in [3.05, 3.63) is 47.9 Å². The molecule has 1 aliphatic carbocycles. The zero-order valence-electron chi connectivity index (χ0n) is 19.3. The molecule has 6 nitrogen and oxygen atoms in total. The third kappa shape index (κ3) is 4.90. The highest BCUT2D eigenvalue weighted by atomic mass is 16.5. The smallest absolute Gasteiger partial charge is 0.175 e. The molecule has 2 fully saturated rings. The molecule has 0 atom stereocenters. The van der Waals surface area contributed by atoms with Crippen LogP contribution < -0.4 is 9.64 Å². The lowest BCUT2D eigenvalue weighted by Crippen LogP contribution is -2.33. The molecule has 32 heavy (non-hydrogen) atoms. The van der Waals surface area contributed by atoms with Gasteiger partial charge >= 0.3 is 0 Å². The summed E-state index contributed by atoms with van der Waals surface area (Å²) in [6.07, 6.45) is 10.9. The highest BCUT2D eigenvalue weighted by Gasteiger charge is 2.24. The molecule has 0 spiro atoms. The van der Waals surface area contributed by atoms with Gasteiger partial charge < -0.3 is 19.1 Å². The number of nitrogens with zero attached hydrogens (tertiary/aromatic N) is 4. The Labute approximate surface area is 190 Å². The quantitative estimate of drug-likeness (QED) is 0.476. The molecule has 5 rings (SSSR count). The maximum absolute atomic E-state index is 6.16. The lowest BCUT2D eigenvalue weighted by atomic mass is 9.91. The summed E-state index contributed by atoms with van der Waals surface area (Å²) in [5.41, 5.74) is 4.34. The number of ether oxygens (including phenoxy) is 1. The molecule has 0 amide bonds. The van der Waals surface area contributed by atoms with E-state index in [0.717, 1.165) is 78.9 Å². The van der Waals surface area contributed by atoms with E-state index in [-0.39, 0.29) is 0 Å². The van der Waals surface area contributed by atoms with E-state index in [2.05, 4.69) is 52.2 Å². The van der Waals surface area contributed by atoms with Crippen molar-refractivity contribution < 1.29 is 9.26 Å². The SMILES string of the molecule is CN(C)Cc1c(OCC2CC2)ccc2c(CCC3CCN(c4cccnc4)CC3)noc12. The average molecular weight is 435 g/mol. The number of hydrogen-bond donors (Lipinski definition) is 0. The number of fused-ring (bicyclic) bond motifs is 1. The zero-order valence-corrected chi connectivity index (χ0v) is 19.3. The minimum atomic E-state index is 0.729. The number of aryl methyl sites for hydroxylation is 1. The van der Waals surface area contributed by atoms with Crippen molar-refractivity contribution in [2.75, 3.05) is 38.7 Å². The Morgan fingerprint density at radius 1 is 1.09 bits per heavy atom. The Morgan fingerprint density at radius 3 is 2.66 bits per heavy atom. The van der Waals surface area contributed by atoms with Crippen LogP contribution >= 0.6 is 0 Å². The van der Waals surface area contributed by atoms with Gasteiger partial charge in [0.1, 0.15) is 5.75 Å². The Balaban J connectivity index is 1.24. The van der Waals surface area contributed by atoms with Crippen LogP contribution in [-0.4, -0.2) is 48.8 Å². The first-order valence-electron chi connectivity index (χ1n) is 12.0. The zero-order chi connectivity index (χ0) is 21.9. The fourth-order valence-corrected chi connectivity index (χ4v) is 4.73. The van der Waals surface area contributed by atoms with E-state index in [9.17, 15) is 0 Å². The number of aromatic nitrogens is 2. The van der Waals surface area contributed by atoms with Crippen molar-refractivity contribution in [3.63, 3.8) is 0 Å². The molecule has 0 bridgehead atoms. The van der Waals surface area contributed by atoms with Gasteiger partial charge in [0.2, 0.25) is 0 Å². The van der Waals surface area contributed by atoms with Gasteiger partial charge in [0.15, 0.2) is 5.58 Å². The number of piperidine rings is 1. The van der Waals surface area contributed by atoms with Crippen molar-refractivity contribution >= 4 is 16.7 Å². The fourth-order valence-electron chi connectivity index (χ4n) is 4.73. The second kappa shape index (κ2) is 9.49. The van der Waals surface area contributed by atoms with E-state index in [0.29, 0.717) is 0 Å². The van der Waals surface area contributed by atoms with Crippen molar-refractivity contribution in [3.8, 4) is 5.75 Å². The molecule has 1 aromatic carbocycles. The topological polar surface area (TPSA) is 54.6 Å². The Morgan fingerprint density at radius 2 is 1.94 bits per heavy atom. The van der Waals surface area contributed by atoms with Gasteiger partial charge in [0, 0.05) is 31.2 Å². The normalized spacial score (nSPS) is 17.4. The molecular formula is C26H34N4O2. The summed E-state index contributed by atoms with van der Waals surface area (Å²) in [4.78, 5) is 8.87. The second-order valence-electron chi connectivity index (χ2n) is 9.72. The van der Waals surface area contributed by atoms with Gasteiger partial charge in [-0.2, -0.15) is 0 Å². The van der Waals surface area contributed by atoms with Crippen molar-refractivity contribution in [2.45, 2.75) is 45.1 Å². The van der Waals surface area contributed by atoms with Crippen LogP contribution in [-0.2, 0) is 13.0 Å². The first-order chi connectivity index (χ1) is 15.7. The summed E-state index contributed by atoms with van der Waals surface area (Å²) in [5.74, 6) is 2.41. The minimum Gasteiger partial charge on any atom is -0.493 e. The number of rotatable bonds is 9. The number of hydrogen-bond acceptors (Lipinski definition) is 6. The molecule has 0 N–H and O–H groups in total. The minimum absolute atomic E-state index is 0.729. The lowest BCUT2D eigenvalue weighted by molar-refractivity contribution is 0.289. The third-order valence-corrected chi connectivity index (χ3v) is 6.84. The van der Waals surface area contributed by atoms with E-state index in [1.165, 1.54) is 31.4 Å². The first kappa shape index (κ1) is 21.3. The highest BCUT2D eigenvalue weighted by Crippen LogP contribution is 2.35. The van der Waals surface area contributed by atoms with Gasteiger partial charge in [-0.1, -0.05) is 5.16 Å². The predicted molar refractivity (Wildman–Crippen MR) is 127 cm³/mol. The summed E-state index contributed by atoms with van der Waals surface area (Å²) < 4.78 is 12.0. The van der Waals surface area contributed by atoms with E-state index in [1.54, 1.807) is 0 Å². The van der Waals surface area contributed by atoms with Crippen LogP contribution in [0.15, 0.2) is 41.2 Å². The van der Waals surface area contributed by atoms with E-state index in [4.69, 9.17) is 9.26 Å². The molecule has 2 aromatic heterocycles. The summed E-state index contributed by atoms with van der Waals surface area (Å²) in [6, 6.07) is 8.44. The third-order valence-electron chi connectivity index (χ3n) is 6.84. The fraction of sp³-hybridized carbons (Fsp3) is 0.538. The average Bonchev–Trinajstić information content (AvgIpc) is 3.55. The maximum atomic E-state index is 6.16. The van der Waals surface area contributed by atoms with Gasteiger partial charge in [0.05, 0.1) is 29.7 Å². The van der Waals surface area contributed by atoms with E-state index >= 15 is 0 Å². The van der Waals surface area contributed by atoms with Crippen LogP contribution in [0.25, 0.3) is 11.0 Å². The molecule has 6 heteroatoms. The summed E-state index contributed by atoms with van der Waals surface area (Å²) in [5, 5.41) is 5.64. The van der Waals surface area contributed by atoms with Crippen LogP contribution in [0.5, 0.6) is 5.75 Å². The molecule has 0 unspecified atom stereocenters. The van der Waals surface area contributed by atoms with E-state index < -0.39 is 0 Å². The van der Waals surface area contributed by atoms with Gasteiger partial charge in [-0.15, -0.1) is 0 Å². The van der Waals surface area contributed by atoms with Gasteiger partial charge in [-0.25, -0.2) is 0 Å². The van der Waals surface area contributed by atoms with Crippen LogP contribution in [0, 0.1) is 11.8 Å². The standard InChI is InChI=1S/C26H34N4O2/c1-29(2)17-23-25(31-18-20-5-6-20)10-8-22-24(28-32-26(22)23)9-7-19-11-14-30(15-12-19)21-4-3-13-27-16-21/h3-4,8,10,13,16,19-20H,5-7,9,11-12,14-15,17-18H2,1-2H3. The van der Waals surface area contributed by atoms with E-state index in [1.807, 2.05) is 18.5 Å². The highest BCUT2D eigenvalue weighted by molar-refractivity contribution is 5.84. The molecule has 2 aliphatic rings. The summed E-state index contributed by atoms with van der Waals surface area (Å²) in [7, 11) is 4.16.